The summed E-state index contributed by atoms with van der Waals surface area (Å²) in [7, 11) is 0. The molecule has 3 saturated carbocycles. The van der Waals surface area contributed by atoms with Crippen LogP contribution in [0.25, 0.3) is 0 Å². The van der Waals surface area contributed by atoms with Crippen LogP contribution in [0.1, 0.15) is 89.9 Å². The predicted octanol–water partition coefficient (Wildman–Crippen LogP) is 6.50. The van der Waals surface area contributed by atoms with Crippen LogP contribution in [-0.4, -0.2) is 19.5 Å². The Morgan fingerprint density at radius 3 is 1.54 bits per heavy atom. The lowest BCUT2D eigenvalue weighted by Crippen LogP contribution is -2.28. The maximum atomic E-state index is 5.64. The first kappa shape index (κ1) is 19.0. The summed E-state index contributed by atoms with van der Waals surface area (Å²) in [6, 6.07) is 0. The fourth-order valence-corrected chi connectivity index (χ4v) is 6.37. The molecule has 0 spiro atoms. The van der Waals surface area contributed by atoms with Gasteiger partial charge in [0.2, 0.25) is 0 Å². The molecule has 148 valence electrons. The highest BCUT2D eigenvalue weighted by Gasteiger charge is 2.33. The Balaban J connectivity index is 1.16. The van der Waals surface area contributed by atoms with Crippen LogP contribution < -0.4 is 0 Å². The van der Waals surface area contributed by atoms with Crippen LogP contribution in [0.4, 0.5) is 0 Å². The van der Waals surface area contributed by atoms with Gasteiger partial charge in [-0.25, -0.2) is 0 Å². The minimum absolute atomic E-state index is 0.0726. The van der Waals surface area contributed by atoms with Crippen molar-refractivity contribution in [3.63, 3.8) is 0 Å². The summed E-state index contributed by atoms with van der Waals surface area (Å²) in [5.41, 5.74) is 0. The van der Waals surface area contributed by atoms with E-state index in [-0.39, 0.29) is 6.29 Å². The van der Waals surface area contributed by atoms with E-state index in [1.54, 1.807) is 25.7 Å². The molecule has 0 amide bonds. The number of ether oxygens (including phenoxy) is 2. The van der Waals surface area contributed by atoms with Crippen molar-refractivity contribution in [2.45, 2.75) is 96.2 Å². The minimum Gasteiger partial charge on any atom is -0.349 e. The average Bonchev–Trinajstić information content (AvgIpc) is 2.74. The molecule has 0 unspecified atom stereocenters. The molecule has 0 aromatic heterocycles. The van der Waals surface area contributed by atoms with Gasteiger partial charge in [-0.2, -0.15) is 0 Å². The Morgan fingerprint density at radius 1 is 0.462 bits per heavy atom. The third-order valence-corrected chi connectivity index (χ3v) is 8.01. The molecule has 4 rings (SSSR count). The lowest BCUT2D eigenvalue weighted by Gasteiger charge is -2.40. The number of hydrogen-bond donors (Lipinski definition) is 0. The number of rotatable bonds is 4. The van der Waals surface area contributed by atoms with Crippen molar-refractivity contribution in [3.8, 4) is 0 Å². The van der Waals surface area contributed by atoms with E-state index in [1.807, 2.05) is 0 Å². The molecule has 4 fully saturated rings. The summed E-state index contributed by atoms with van der Waals surface area (Å²) in [6.07, 6.45) is 25.0. The molecule has 26 heavy (non-hydrogen) atoms. The van der Waals surface area contributed by atoms with Gasteiger partial charge in [0, 0.05) is 0 Å². The van der Waals surface area contributed by atoms with Gasteiger partial charge in [0.25, 0.3) is 0 Å². The average molecular weight is 361 g/mol. The third-order valence-electron chi connectivity index (χ3n) is 8.01. The SMILES string of the molecule is C(=CC1OCCCO1)C1CCC(C2CCC(C3CCCCC3)CC2)CC1. The molecule has 2 nitrogen and oxygen atoms in total. The maximum Gasteiger partial charge on any atom is 0.176 e. The zero-order valence-corrected chi connectivity index (χ0v) is 16.7. The Labute approximate surface area is 161 Å². The molecule has 2 heteroatoms. The summed E-state index contributed by atoms with van der Waals surface area (Å²) in [5.74, 6) is 5.01. The molecule has 0 aromatic carbocycles. The third kappa shape index (κ3) is 5.13. The minimum atomic E-state index is -0.0726. The van der Waals surface area contributed by atoms with Gasteiger partial charge >= 0.3 is 0 Å². The highest BCUT2D eigenvalue weighted by atomic mass is 16.7. The van der Waals surface area contributed by atoms with Crippen molar-refractivity contribution in [1.82, 2.24) is 0 Å². The molecule has 1 heterocycles. The van der Waals surface area contributed by atoms with Crippen LogP contribution in [0.3, 0.4) is 0 Å². The highest BCUT2D eigenvalue weighted by Crippen LogP contribution is 2.45. The van der Waals surface area contributed by atoms with E-state index in [9.17, 15) is 0 Å². The standard InChI is InChI=1S/C24H40O2/c1-2-5-20(6-3-1)22-12-14-23(15-13-22)21-10-7-19(8-11-21)9-16-24-25-17-4-18-26-24/h9,16,19-24H,1-8,10-15,17-18H2. The summed E-state index contributed by atoms with van der Waals surface area (Å²) in [6.45, 7) is 1.70. The first-order valence-corrected chi connectivity index (χ1v) is 11.8. The van der Waals surface area contributed by atoms with E-state index in [2.05, 4.69) is 12.2 Å². The molecular weight excluding hydrogens is 320 g/mol. The molecule has 4 aliphatic rings. The maximum absolute atomic E-state index is 5.64. The zero-order valence-electron chi connectivity index (χ0n) is 16.7. The second-order valence-electron chi connectivity index (χ2n) is 9.60. The van der Waals surface area contributed by atoms with E-state index in [4.69, 9.17) is 9.47 Å². The van der Waals surface area contributed by atoms with Gasteiger partial charge in [-0.15, -0.1) is 0 Å². The van der Waals surface area contributed by atoms with Crippen molar-refractivity contribution in [1.29, 1.82) is 0 Å². The van der Waals surface area contributed by atoms with E-state index in [0.717, 1.165) is 49.2 Å². The van der Waals surface area contributed by atoms with E-state index in [1.165, 1.54) is 57.8 Å². The van der Waals surface area contributed by atoms with Gasteiger partial charge in [-0.1, -0.05) is 38.2 Å². The Kier molecular flexibility index (Phi) is 7.11. The van der Waals surface area contributed by atoms with Gasteiger partial charge in [0.05, 0.1) is 13.2 Å². The van der Waals surface area contributed by atoms with Gasteiger partial charge in [-0.05, 0) is 93.5 Å². The first-order chi connectivity index (χ1) is 12.9. The second kappa shape index (κ2) is 9.73. The molecule has 0 N–H and O–H groups in total. The summed E-state index contributed by atoms with van der Waals surface area (Å²) in [4.78, 5) is 0. The van der Waals surface area contributed by atoms with Crippen LogP contribution in [0, 0.1) is 29.6 Å². The van der Waals surface area contributed by atoms with Gasteiger partial charge in [0.15, 0.2) is 6.29 Å². The van der Waals surface area contributed by atoms with Crippen molar-refractivity contribution in [2.24, 2.45) is 29.6 Å². The van der Waals surface area contributed by atoms with Crippen molar-refractivity contribution >= 4 is 0 Å². The first-order valence-electron chi connectivity index (χ1n) is 11.8. The van der Waals surface area contributed by atoms with E-state index >= 15 is 0 Å². The summed E-state index contributed by atoms with van der Waals surface area (Å²) >= 11 is 0. The van der Waals surface area contributed by atoms with Crippen LogP contribution >= 0.6 is 0 Å². The molecule has 0 aromatic rings. The van der Waals surface area contributed by atoms with E-state index in [0.29, 0.717) is 0 Å². The van der Waals surface area contributed by atoms with Gasteiger partial charge < -0.3 is 9.47 Å². The van der Waals surface area contributed by atoms with E-state index < -0.39 is 0 Å². The molecule has 0 atom stereocenters. The lowest BCUT2D eigenvalue weighted by atomic mass is 9.66. The summed E-state index contributed by atoms with van der Waals surface area (Å²) in [5, 5.41) is 0. The number of hydrogen-bond acceptors (Lipinski definition) is 2. The quantitative estimate of drug-likeness (QED) is 0.533. The molecule has 0 bridgehead atoms. The van der Waals surface area contributed by atoms with Crippen LogP contribution in [0.2, 0.25) is 0 Å². The molecule has 3 aliphatic carbocycles. The largest absolute Gasteiger partial charge is 0.349 e. The fraction of sp³-hybridized carbons (Fsp3) is 0.917. The Morgan fingerprint density at radius 2 is 0.962 bits per heavy atom. The van der Waals surface area contributed by atoms with Crippen molar-refractivity contribution < 1.29 is 9.47 Å². The topological polar surface area (TPSA) is 18.5 Å². The molecule has 0 radical (unpaired) electrons. The van der Waals surface area contributed by atoms with Crippen LogP contribution in [-0.2, 0) is 9.47 Å². The van der Waals surface area contributed by atoms with Crippen LogP contribution in [0.5, 0.6) is 0 Å². The highest BCUT2D eigenvalue weighted by molar-refractivity contribution is 4.95. The Bertz CT molecular complexity index is 417. The van der Waals surface area contributed by atoms with Crippen molar-refractivity contribution in [2.75, 3.05) is 13.2 Å². The zero-order chi connectivity index (χ0) is 17.6. The van der Waals surface area contributed by atoms with Gasteiger partial charge in [0.1, 0.15) is 0 Å². The second-order valence-corrected chi connectivity index (χ2v) is 9.60. The normalized spacial score (nSPS) is 38.6. The summed E-state index contributed by atoms with van der Waals surface area (Å²) < 4.78 is 11.3. The predicted molar refractivity (Wildman–Crippen MR) is 107 cm³/mol. The van der Waals surface area contributed by atoms with Crippen molar-refractivity contribution in [3.05, 3.63) is 12.2 Å². The fourth-order valence-electron chi connectivity index (χ4n) is 6.37. The Hall–Kier alpha value is -0.340. The number of allylic oxidation sites excluding steroid dienone is 1. The lowest BCUT2D eigenvalue weighted by molar-refractivity contribution is -0.150. The molecular formula is C24H40O2. The smallest absolute Gasteiger partial charge is 0.176 e. The van der Waals surface area contributed by atoms with Gasteiger partial charge in [-0.3, -0.25) is 0 Å². The monoisotopic (exact) mass is 360 g/mol. The molecule has 1 aliphatic heterocycles. The molecule has 1 saturated heterocycles. The van der Waals surface area contributed by atoms with Crippen LogP contribution in [0.15, 0.2) is 12.2 Å².